The second-order valence-corrected chi connectivity index (χ2v) is 5.99. The molecule has 1 heterocycles. The van der Waals surface area contributed by atoms with Gasteiger partial charge in [-0.25, -0.2) is 0 Å². The van der Waals surface area contributed by atoms with Gasteiger partial charge in [-0.15, -0.1) is 0 Å². The fourth-order valence-electron chi connectivity index (χ4n) is 2.98. The van der Waals surface area contributed by atoms with Gasteiger partial charge < -0.3 is 15.5 Å². The van der Waals surface area contributed by atoms with E-state index in [0.717, 1.165) is 18.9 Å². The molecule has 2 rings (SSSR count). The first-order valence-corrected chi connectivity index (χ1v) is 8.55. The van der Waals surface area contributed by atoms with Crippen molar-refractivity contribution in [3.63, 3.8) is 0 Å². The van der Waals surface area contributed by atoms with Crippen LogP contribution in [-0.4, -0.2) is 50.1 Å². The number of nitrogens with one attached hydrogen (secondary N) is 2. The van der Waals surface area contributed by atoms with E-state index < -0.39 is 0 Å². The molecule has 1 aliphatic heterocycles. The van der Waals surface area contributed by atoms with Crippen molar-refractivity contribution in [3.05, 3.63) is 35.9 Å². The summed E-state index contributed by atoms with van der Waals surface area (Å²) in [5.74, 6) is 0.935. The van der Waals surface area contributed by atoms with Gasteiger partial charge in [0.1, 0.15) is 0 Å². The number of likely N-dealkylation sites (tertiary alicyclic amines) is 1. The third-order valence-electron chi connectivity index (χ3n) is 4.24. The lowest BCUT2D eigenvalue weighted by molar-refractivity contribution is 0.206. The number of guanidine groups is 1. The summed E-state index contributed by atoms with van der Waals surface area (Å²) in [6, 6.07) is 11.1. The van der Waals surface area contributed by atoms with Crippen LogP contribution in [0.25, 0.3) is 0 Å². The van der Waals surface area contributed by atoms with E-state index in [1.165, 1.54) is 44.5 Å². The molecule has 1 aliphatic rings. The van der Waals surface area contributed by atoms with Crippen molar-refractivity contribution >= 4 is 5.96 Å². The lowest BCUT2D eigenvalue weighted by Gasteiger charge is -2.32. The van der Waals surface area contributed by atoms with Crippen molar-refractivity contribution in [2.75, 3.05) is 33.2 Å². The summed E-state index contributed by atoms with van der Waals surface area (Å²) in [5, 5.41) is 6.99. The Balaban J connectivity index is 1.67. The van der Waals surface area contributed by atoms with Crippen molar-refractivity contribution in [3.8, 4) is 0 Å². The molecule has 0 aromatic heterocycles. The zero-order valence-electron chi connectivity index (χ0n) is 14.0. The van der Waals surface area contributed by atoms with Gasteiger partial charge in [0.05, 0.1) is 0 Å². The van der Waals surface area contributed by atoms with E-state index >= 15 is 0 Å². The maximum absolute atomic E-state index is 4.35. The summed E-state index contributed by atoms with van der Waals surface area (Å²) in [6.07, 6.45) is 4.69. The smallest absolute Gasteiger partial charge is 0.191 e. The molecule has 122 valence electrons. The molecule has 1 saturated heterocycles. The van der Waals surface area contributed by atoms with Crippen molar-refractivity contribution in [1.29, 1.82) is 0 Å². The highest BCUT2D eigenvalue weighted by Gasteiger charge is 2.19. The molecule has 22 heavy (non-hydrogen) atoms. The first kappa shape index (κ1) is 16.8. The molecule has 0 unspecified atom stereocenters. The number of nitrogens with zero attached hydrogens (tertiary/aromatic N) is 2. The van der Waals surface area contributed by atoms with Gasteiger partial charge >= 0.3 is 0 Å². The van der Waals surface area contributed by atoms with E-state index in [4.69, 9.17) is 0 Å². The largest absolute Gasteiger partial charge is 0.356 e. The van der Waals surface area contributed by atoms with Gasteiger partial charge in [-0.2, -0.15) is 0 Å². The number of hydrogen-bond donors (Lipinski definition) is 2. The predicted molar refractivity (Wildman–Crippen MR) is 94.4 cm³/mol. The highest BCUT2D eigenvalue weighted by atomic mass is 15.2. The number of aliphatic imine (C=N–C) groups is 1. The van der Waals surface area contributed by atoms with Gasteiger partial charge in [0.25, 0.3) is 0 Å². The zero-order valence-corrected chi connectivity index (χ0v) is 14.0. The quantitative estimate of drug-likeness (QED) is 0.625. The third kappa shape index (κ3) is 5.68. The molecule has 4 nitrogen and oxygen atoms in total. The SMILES string of the molecule is CCCN1CCC(NC(=NC)NCCc2ccccc2)CC1. The van der Waals surface area contributed by atoms with Crippen LogP contribution in [0.3, 0.4) is 0 Å². The molecule has 4 heteroatoms. The van der Waals surface area contributed by atoms with Crippen molar-refractivity contribution in [2.24, 2.45) is 4.99 Å². The zero-order chi connectivity index (χ0) is 15.6. The van der Waals surface area contributed by atoms with Crippen molar-refractivity contribution < 1.29 is 0 Å². The molecule has 0 spiro atoms. The molecule has 0 amide bonds. The first-order chi connectivity index (χ1) is 10.8. The molecule has 0 atom stereocenters. The third-order valence-corrected chi connectivity index (χ3v) is 4.24. The highest BCUT2D eigenvalue weighted by Crippen LogP contribution is 2.10. The lowest BCUT2D eigenvalue weighted by atomic mass is 10.1. The topological polar surface area (TPSA) is 39.7 Å². The minimum Gasteiger partial charge on any atom is -0.356 e. The molecule has 0 radical (unpaired) electrons. The van der Waals surface area contributed by atoms with Gasteiger partial charge in [0.2, 0.25) is 0 Å². The molecule has 1 aromatic carbocycles. The van der Waals surface area contributed by atoms with Crippen LogP contribution in [0.15, 0.2) is 35.3 Å². The standard InChI is InChI=1S/C18H30N4/c1-3-13-22-14-10-17(11-15-22)21-18(19-2)20-12-9-16-7-5-4-6-8-16/h4-8,17H,3,9-15H2,1-2H3,(H2,19,20,21). The Hall–Kier alpha value is -1.55. The number of benzene rings is 1. The fourth-order valence-corrected chi connectivity index (χ4v) is 2.98. The minimum atomic E-state index is 0.552. The average Bonchev–Trinajstić information content (AvgIpc) is 2.57. The number of piperidine rings is 1. The highest BCUT2D eigenvalue weighted by molar-refractivity contribution is 5.79. The molecule has 1 aromatic rings. The molecular weight excluding hydrogens is 272 g/mol. The van der Waals surface area contributed by atoms with E-state index in [1.807, 2.05) is 7.05 Å². The Morgan fingerprint density at radius 3 is 2.59 bits per heavy atom. The minimum absolute atomic E-state index is 0.552. The van der Waals surface area contributed by atoms with E-state index in [2.05, 4.69) is 57.8 Å². The van der Waals surface area contributed by atoms with Crippen LogP contribution >= 0.6 is 0 Å². The van der Waals surface area contributed by atoms with Gasteiger partial charge in [-0.3, -0.25) is 4.99 Å². The monoisotopic (exact) mass is 302 g/mol. The van der Waals surface area contributed by atoms with Gasteiger partial charge in [0.15, 0.2) is 5.96 Å². The Morgan fingerprint density at radius 2 is 1.95 bits per heavy atom. The van der Waals surface area contributed by atoms with E-state index in [9.17, 15) is 0 Å². The second-order valence-electron chi connectivity index (χ2n) is 5.99. The Bertz CT molecular complexity index is 436. The second kappa shape index (κ2) is 9.46. The van der Waals surface area contributed by atoms with Crippen LogP contribution in [-0.2, 0) is 6.42 Å². The van der Waals surface area contributed by atoms with E-state index in [1.54, 1.807) is 0 Å². The van der Waals surface area contributed by atoms with Crippen molar-refractivity contribution in [1.82, 2.24) is 15.5 Å². The van der Waals surface area contributed by atoms with Crippen LogP contribution in [0.1, 0.15) is 31.7 Å². The molecule has 0 saturated carbocycles. The van der Waals surface area contributed by atoms with Crippen LogP contribution in [0.2, 0.25) is 0 Å². The summed E-state index contributed by atoms with van der Waals surface area (Å²) in [5.41, 5.74) is 1.36. The summed E-state index contributed by atoms with van der Waals surface area (Å²) >= 11 is 0. The van der Waals surface area contributed by atoms with Crippen LogP contribution in [0, 0.1) is 0 Å². The summed E-state index contributed by atoms with van der Waals surface area (Å²) < 4.78 is 0. The van der Waals surface area contributed by atoms with Crippen LogP contribution in [0.5, 0.6) is 0 Å². The lowest BCUT2D eigenvalue weighted by Crippen LogP contribution is -2.49. The van der Waals surface area contributed by atoms with Crippen LogP contribution in [0.4, 0.5) is 0 Å². The maximum Gasteiger partial charge on any atom is 0.191 e. The van der Waals surface area contributed by atoms with Crippen LogP contribution < -0.4 is 10.6 Å². The fraction of sp³-hybridized carbons (Fsp3) is 0.611. The average molecular weight is 302 g/mol. The first-order valence-electron chi connectivity index (χ1n) is 8.55. The molecule has 2 N–H and O–H groups in total. The molecule has 1 fully saturated rings. The van der Waals surface area contributed by atoms with E-state index in [0.29, 0.717) is 6.04 Å². The molecule has 0 bridgehead atoms. The number of rotatable bonds is 6. The molecule has 0 aliphatic carbocycles. The van der Waals surface area contributed by atoms with Crippen molar-refractivity contribution in [2.45, 2.75) is 38.6 Å². The Labute approximate surface area is 135 Å². The number of hydrogen-bond acceptors (Lipinski definition) is 2. The predicted octanol–water partition coefficient (Wildman–Crippen LogP) is 2.27. The summed E-state index contributed by atoms with van der Waals surface area (Å²) in [6.45, 7) is 6.80. The summed E-state index contributed by atoms with van der Waals surface area (Å²) in [4.78, 5) is 6.91. The van der Waals surface area contributed by atoms with E-state index in [-0.39, 0.29) is 0 Å². The Kier molecular flexibility index (Phi) is 7.23. The van der Waals surface area contributed by atoms with Gasteiger partial charge in [-0.1, -0.05) is 37.3 Å². The van der Waals surface area contributed by atoms with Gasteiger partial charge in [-0.05, 0) is 37.8 Å². The Morgan fingerprint density at radius 1 is 1.23 bits per heavy atom. The summed E-state index contributed by atoms with van der Waals surface area (Å²) in [7, 11) is 1.85. The normalized spacial score (nSPS) is 17.5. The maximum atomic E-state index is 4.35. The molecular formula is C18H30N4. The van der Waals surface area contributed by atoms with Gasteiger partial charge in [0, 0.05) is 32.7 Å².